The Morgan fingerprint density at radius 1 is 1.29 bits per heavy atom. The zero-order valence-electron chi connectivity index (χ0n) is 11.4. The number of halogens is 1. The van der Waals surface area contributed by atoms with Crippen LogP contribution in [0.1, 0.15) is 23.1 Å². The molecule has 0 radical (unpaired) electrons. The molecule has 21 heavy (non-hydrogen) atoms. The molecule has 0 atom stereocenters. The summed E-state index contributed by atoms with van der Waals surface area (Å²) in [6, 6.07) is 8.91. The lowest BCUT2D eigenvalue weighted by Crippen LogP contribution is -2.12. The summed E-state index contributed by atoms with van der Waals surface area (Å²) in [6.45, 7) is 1.96. The topological polar surface area (TPSA) is 59.3 Å². The Morgan fingerprint density at radius 2 is 2.05 bits per heavy atom. The molecule has 0 aliphatic carbocycles. The fraction of sp³-hybridized carbons (Fsp3) is 0.133. The van der Waals surface area contributed by atoms with E-state index in [1.54, 1.807) is 22.8 Å². The number of benzene rings is 1. The molecule has 2 heterocycles. The van der Waals surface area contributed by atoms with E-state index >= 15 is 0 Å². The van der Waals surface area contributed by atoms with Gasteiger partial charge in [-0.25, -0.2) is 13.9 Å². The fourth-order valence-electron chi connectivity index (χ4n) is 1.99. The van der Waals surface area contributed by atoms with Crippen molar-refractivity contribution in [3.63, 3.8) is 0 Å². The highest BCUT2D eigenvalue weighted by molar-refractivity contribution is 6.05. The van der Waals surface area contributed by atoms with E-state index in [1.807, 2.05) is 6.92 Å². The van der Waals surface area contributed by atoms with Gasteiger partial charge >= 0.3 is 0 Å². The van der Waals surface area contributed by atoms with Crippen molar-refractivity contribution in [2.45, 2.75) is 13.3 Å². The number of hydrogen-bond donors (Lipinski definition) is 1. The molecule has 106 valence electrons. The molecular weight excluding hydrogens is 271 g/mol. The van der Waals surface area contributed by atoms with E-state index in [0.29, 0.717) is 29.1 Å². The summed E-state index contributed by atoms with van der Waals surface area (Å²) in [4.78, 5) is 16.5. The lowest BCUT2D eigenvalue weighted by Gasteiger charge is -2.05. The summed E-state index contributed by atoms with van der Waals surface area (Å²) in [5.74, 6) is 0.0151. The number of carbonyl (C=O) groups excluding carboxylic acids is 1. The van der Waals surface area contributed by atoms with E-state index in [2.05, 4.69) is 15.4 Å². The van der Waals surface area contributed by atoms with Crippen molar-refractivity contribution in [3.8, 4) is 0 Å². The summed E-state index contributed by atoms with van der Waals surface area (Å²) in [7, 11) is 0. The maximum absolute atomic E-state index is 12.9. The van der Waals surface area contributed by atoms with Gasteiger partial charge in [0.25, 0.3) is 5.91 Å². The highest BCUT2D eigenvalue weighted by Crippen LogP contribution is 2.16. The molecule has 0 aliphatic heterocycles. The molecule has 0 fully saturated rings. The third-order valence-electron chi connectivity index (χ3n) is 3.08. The van der Waals surface area contributed by atoms with Crippen LogP contribution in [0.2, 0.25) is 0 Å². The van der Waals surface area contributed by atoms with Crippen molar-refractivity contribution in [3.05, 3.63) is 59.8 Å². The number of amides is 1. The molecule has 0 saturated carbocycles. The van der Waals surface area contributed by atoms with Crippen molar-refractivity contribution in [1.29, 1.82) is 0 Å². The summed E-state index contributed by atoms with van der Waals surface area (Å²) >= 11 is 0. The predicted molar refractivity (Wildman–Crippen MR) is 76.7 cm³/mol. The molecular formula is C15H13FN4O. The monoisotopic (exact) mass is 284 g/mol. The van der Waals surface area contributed by atoms with Gasteiger partial charge in [0, 0.05) is 18.2 Å². The molecule has 1 N–H and O–H groups in total. The van der Waals surface area contributed by atoms with Crippen LogP contribution in [0.25, 0.3) is 5.65 Å². The quantitative estimate of drug-likeness (QED) is 0.804. The largest absolute Gasteiger partial charge is 0.319 e. The minimum Gasteiger partial charge on any atom is -0.319 e. The molecule has 0 unspecified atom stereocenters. The summed E-state index contributed by atoms with van der Waals surface area (Å²) in [5.41, 5.74) is 1.54. The molecule has 1 amide bonds. The molecule has 0 bridgehead atoms. The molecule has 6 heteroatoms. The summed E-state index contributed by atoms with van der Waals surface area (Å²) < 4.78 is 14.5. The van der Waals surface area contributed by atoms with Crippen LogP contribution in [0.4, 0.5) is 10.1 Å². The minimum absolute atomic E-state index is 0.316. The second-order valence-corrected chi connectivity index (χ2v) is 4.53. The van der Waals surface area contributed by atoms with Gasteiger partial charge in [0.1, 0.15) is 5.82 Å². The lowest BCUT2D eigenvalue weighted by atomic mass is 10.2. The van der Waals surface area contributed by atoms with E-state index in [9.17, 15) is 9.18 Å². The van der Waals surface area contributed by atoms with E-state index in [0.717, 1.165) is 0 Å². The Balaban J connectivity index is 1.92. The third kappa shape index (κ3) is 2.60. The number of aryl methyl sites for hydroxylation is 1. The lowest BCUT2D eigenvalue weighted by molar-refractivity contribution is 0.102. The number of hydrogen-bond acceptors (Lipinski definition) is 3. The predicted octanol–water partition coefficient (Wildman–Crippen LogP) is 2.68. The molecule has 1 aromatic carbocycles. The van der Waals surface area contributed by atoms with Crippen LogP contribution in [0.5, 0.6) is 0 Å². The van der Waals surface area contributed by atoms with Gasteiger partial charge in [0.15, 0.2) is 11.5 Å². The van der Waals surface area contributed by atoms with Crippen molar-refractivity contribution in [2.75, 3.05) is 5.32 Å². The van der Waals surface area contributed by atoms with Gasteiger partial charge in [0.2, 0.25) is 0 Å². The Kier molecular flexibility index (Phi) is 3.35. The number of nitrogens with one attached hydrogen (secondary N) is 1. The Bertz CT molecular complexity index is 795. The average molecular weight is 284 g/mol. The Morgan fingerprint density at radius 3 is 2.76 bits per heavy atom. The molecule has 2 aromatic heterocycles. The standard InChI is InChI=1S/C15H13FN4O/c1-2-13-18-14-12(4-3-9-20(14)19-13)17-15(21)10-5-7-11(16)8-6-10/h3-9H,2H2,1H3,(H,17,21). The Labute approximate surface area is 120 Å². The van der Waals surface area contributed by atoms with Gasteiger partial charge in [-0.3, -0.25) is 4.79 Å². The number of aromatic nitrogens is 3. The average Bonchev–Trinajstić information content (AvgIpc) is 2.92. The molecule has 0 spiro atoms. The molecule has 0 saturated heterocycles. The first-order valence-corrected chi connectivity index (χ1v) is 6.58. The van der Waals surface area contributed by atoms with Crippen LogP contribution in [0.15, 0.2) is 42.6 Å². The minimum atomic E-state index is -0.376. The van der Waals surface area contributed by atoms with Gasteiger partial charge in [-0.15, -0.1) is 0 Å². The summed E-state index contributed by atoms with van der Waals surface area (Å²) in [6.07, 6.45) is 2.49. The van der Waals surface area contributed by atoms with Gasteiger partial charge in [-0.05, 0) is 36.4 Å². The van der Waals surface area contributed by atoms with E-state index in [4.69, 9.17) is 0 Å². The van der Waals surface area contributed by atoms with E-state index < -0.39 is 0 Å². The number of rotatable bonds is 3. The fourth-order valence-corrected chi connectivity index (χ4v) is 1.99. The van der Waals surface area contributed by atoms with Gasteiger partial charge in [-0.1, -0.05) is 6.92 Å². The van der Waals surface area contributed by atoms with E-state index in [-0.39, 0.29) is 11.7 Å². The van der Waals surface area contributed by atoms with Crippen molar-refractivity contribution in [1.82, 2.24) is 14.6 Å². The SMILES string of the molecule is CCc1nc2c(NC(=O)c3ccc(F)cc3)cccn2n1. The first kappa shape index (κ1) is 13.2. The van der Waals surface area contributed by atoms with Crippen molar-refractivity contribution >= 4 is 17.2 Å². The van der Waals surface area contributed by atoms with Gasteiger partial charge in [-0.2, -0.15) is 5.10 Å². The van der Waals surface area contributed by atoms with Crippen LogP contribution in [-0.4, -0.2) is 20.5 Å². The number of nitrogens with zero attached hydrogens (tertiary/aromatic N) is 3. The first-order chi connectivity index (χ1) is 10.2. The molecule has 5 nitrogen and oxygen atoms in total. The molecule has 3 aromatic rings. The van der Waals surface area contributed by atoms with Crippen LogP contribution in [0, 0.1) is 5.82 Å². The third-order valence-corrected chi connectivity index (χ3v) is 3.08. The second kappa shape index (κ2) is 5.32. The molecule has 0 aliphatic rings. The highest BCUT2D eigenvalue weighted by atomic mass is 19.1. The van der Waals surface area contributed by atoms with E-state index in [1.165, 1.54) is 24.3 Å². The van der Waals surface area contributed by atoms with Crippen LogP contribution in [0.3, 0.4) is 0 Å². The summed E-state index contributed by atoms with van der Waals surface area (Å²) in [5, 5.41) is 7.06. The van der Waals surface area contributed by atoms with Gasteiger partial charge in [0.05, 0.1) is 5.69 Å². The second-order valence-electron chi connectivity index (χ2n) is 4.53. The van der Waals surface area contributed by atoms with Crippen molar-refractivity contribution < 1.29 is 9.18 Å². The Hall–Kier alpha value is -2.76. The van der Waals surface area contributed by atoms with Crippen LogP contribution >= 0.6 is 0 Å². The zero-order valence-corrected chi connectivity index (χ0v) is 11.4. The van der Waals surface area contributed by atoms with Crippen LogP contribution in [-0.2, 0) is 6.42 Å². The highest BCUT2D eigenvalue weighted by Gasteiger charge is 2.11. The smallest absolute Gasteiger partial charge is 0.255 e. The molecule has 3 rings (SSSR count). The number of anilines is 1. The number of fused-ring (bicyclic) bond motifs is 1. The van der Waals surface area contributed by atoms with Crippen molar-refractivity contribution in [2.24, 2.45) is 0 Å². The first-order valence-electron chi connectivity index (χ1n) is 6.58. The van der Waals surface area contributed by atoms with Gasteiger partial charge < -0.3 is 5.32 Å². The maximum atomic E-state index is 12.9. The number of pyridine rings is 1. The van der Waals surface area contributed by atoms with Crippen LogP contribution < -0.4 is 5.32 Å². The zero-order chi connectivity index (χ0) is 14.8. The normalized spacial score (nSPS) is 10.8. The maximum Gasteiger partial charge on any atom is 0.255 e. The number of carbonyl (C=O) groups is 1.